The first-order valence-corrected chi connectivity index (χ1v) is 5.54. The summed E-state index contributed by atoms with van der Waals surface area (Å²) in [7, 11) is 0. The topological polar surface area (TPSA) is 86.8 Å². The van der Waals surface area contributed by atoms with Crippen LogP contribution in [0.4, 0.5) is 4.79 Å². The van der Waals surface area contributed by atoms with Gasteiger partial charge in [0.2, 0.25) is 5.91 Å². The molecule has 17 heavy (non-hydrogen) atoms. The summed E-state index contributed by atoms with van der Waals surface area (Å²) >= 11 is 0. The maximum Gasteiger partial charge on any atom is 0.332 e. The molecule has 0 saturated carbocycles. The largest absolute Gasteiger partial charge is 0.341 e. The summed E-state index contributed by atoms with van der Waals surface area (Å²) < 4.78 is 0. The summed E-state index contributed by atoms with van der Waals surface area (Å²) in [6.45, 7) is 0.948. The Morgan fingerprint density at radius 2 is 1.76 bits per heavy atom. The van der Waals surface area contributed by atoms with Gasteiger partial charge in [-0.15, -0.1) is 0 Å². The van der Waals surface area contributed by atoms with Gasteiger partial charge in [0, 0.05) is 13.1 Å². The molecule has 7 nitrogen and oxygen atoms in total. The zero-order valence-corrected chi connectivity index (χ0v) is 9.27. The molecule has 7 heteroatoms. The Labute approximate surface area is 97.7 Å². The van der Waals surface area contributed by atoms with E-state index < -0.39 is 17.8 Å². The molecule has 5 amide bonds. The second-order valence-electron chi connectivity index (χ2n) is 4.09. The Morgan fingerprint density at radius 3 is 2.29 bits per heavy atom. The van der Waals surface area contributed by atoms with Crippen LogP contribution in [0, 0.1) is 0 Å². The van der Waals surface area contributed by atoms with Crippen LogP contribution in [-0.4, -0.2) is 53.2 Å². The van der Waals surface area contributed by atoms with E-state index in [0.717, 1.165) is 19.3 Å². The van der Waals surface area contributed by atoms with Gasteiger partial charge < -0.3 is 4.90 Å². The van der Waals surface area contributed by atoms with Crippen molar-refractivity contribution >= 4 is 23.8 Å². The van der Waals surface area contributed by atoms with Crippen molar-refractivity contribution in [2.45, 2.75) is 19.3 Å². The maximum atomic E-state index is 11.8. The van der Waals surface area contributed by atoms with Crippen LogP contribution in [0.2, 0.25) is 0 Å². The molecule has 0 aromatic carbocycles. The summed E-state index contributed by atoms with van der Waals surface area (Å²) in [5.41, 5.74) is 0. The zero-order chi connectivity index (χ0) is 12.4. The Morgan fingerprint density at radius 1 is 1.12 bits per heavy atom. The normalized spacial score (nSPS) is 20.8. The van der Waals surface area contributed by atoms with E-state index in [4.69, 9.17) is 0 Å². The molecule has 2 aliphatic heterocycles. The lowest BCUT2D eigenvalue weighted by atomic mass is 10.1. The smallest absolute Gasteiger partial charge is 0.332 e. The van der Waals surface area contributed by atoms with Crippen molar-refractivity contribution in [2.75, 3.05) is 19.6 Å². The van der Waals surface area contributed by atoms with E-state index in [0.29, 0.717) is 18.0 Å². The molecule has 1 N–H and O–H groups in total. The Bertz CT molecular complexity index is 387. The molecule has 0 aromatic heterocycles. The standard InChI is InChI=1S/C10H13N3O4/c14-7(12-4-2-1-3-5-12)6-13-9(16)8(15)11-10(13)17/h1-6H2,(H,11,15,17). The van der Waals surface area contributed by atoms with Crippen LogP contribution in [0.5, 0.6) is 0 Å². The highest BCUT2D eigenvalue weighted by atomic mass is 16.2. The fourth-order valence-corrected chi connectivity index (χ4v) is 1.96. The number of piperidine rings is 1. The van der Waals surface area contributed by atoms with Crippen molar-refractivity contribution in [3.63, 3.8) is 0 Å². The third-order valence-corrected chi connectivity index (χ3v) is 2.91. The zero-order valence-electron chi connectivity index (χ0n) is 9.27. The Hall–Kier alpha value is -1.92. The van der Waals surface area contributed by atoms with Gasteiger partial charge in [-0.2, -0.15) is 0 Å². The third kappa shape index (κ3) is 2.27. The highest BCUT2D eigenvalue weighted by Crippen LogP contribution is 2.10. The van der Waals surface area contributed by atoms with E-state index in [1.165, 1.54) is 0 Å². The number of nitrogens with zero attached hydrogens (tertiary/aromatic N) is 2. The number of hydrogen-bond acceptors (Lipinski definition) is 4. The molecule has 0 spiro atoms. The average molecular weight is 239 g/mol. The van der Waals surface area contributed by atoms with Crippen LogP contribution in [-0.2, 0) is 14.4 Å². The average Bonchev–Trinajstić information content (AvgIpc) is 2.57. The summed E-state index contributed by atoms with van der Waals surface area (Å²) in [5, 5.41) is 1.85. The van der Waals surface area contributed by atoms with Gasteiger partial charge in [0.1, 0.15) is 6.54 Å². The molecule has 0 unspecified atom stereocenters. The Balaban J connectivity index is 1.96. The summed E-state index contributed by atoms with van der Waals surface area (Å²) in [4.78, 5) is 47.4. The molecule has 0 bridgehead atoms. The minimum Gasteiger partial charge on any atom is -0.341 e. The molecule has 2 fully saturated rings. The molecule has 0 atom stereocenters. The Kier molecular flexibility index (Phi) is 3.08. The number of rotatable bonds is 2. The van der Waals surface area contributed by atoms with Crippen LogP contribution in [0.3, 0.4) is 0 Å². The predicted octanol–water partition coefficient (Wildman–Crippen LogP) is -0.923. The maximum absolute atomic E-state index is 11.8. The first-order chi connectivity index (χ1) is 8.09. The molecule has 2 heterocycles. The number of carbonyl (C=O) groups excluding carboxylic acids is 4. The van der Waals surface area contributed by atoms with E-state index in [1.54, 1.807) is 4.90 Å². The molecule has 92 valence electrons. The first kappa shape index (κ1) is 11.6. The minimum atomic E-state index is -0.971. The number of imide groups is 2. The third-order valence-electron chi connectivity index (χ3n) is 2.91. The van der Waals surface area contributed by atoms with Gasteiger partial charge in [-0.3, -0.25) is 19.7 Å². The number of nitrogens with one attached hydrogen (secondary N) is 1. The van der Waals surface area contributed by atoms with E-state index in [-0.39, 0.29) is 12.5 Å². The van der Waals surface area contributed by atoms with Gasteiger partial charge in [-0.05, 0) is 19.3 Å². The van der Waals surface area contributed by atoms with E-state index in [9.17, 15) is 19.2 Å². The molecule has 2 rings (SSSR count). The fraction of sp³-hybridized carbons (Fsp3) is 0.600. The molecule has 0 aromatic rings. The SMILES string of the molecule is O=C1NC(=O)N(CC(=O)N2CCCCC2)C1=O. The van der Waals surface area contributed by atoms with Crippen LogP contribution >= 0.6 is 0 Å². The van der Waals surface area contributed by atoms with Crippen molar-refractivity contribution in [1.82, 2.24) is 15.1 Å². The molecule has 0 aliphatic carbocycles. The molecule has 0 radical (unpaired) electrons. The lowest BCUT2D eigenvalue weighted by Crippen LogP contribution is -2.44. The summed E-state index contributed by atoms with van der Waals surface area (Å²) in [6.07, 6.45) is 2.96. The number of likely N-dealkylation sites (tertiary alicyclic amines) is 1. The number of amides is 5. The van der Waals surface area contributed by atoms with Gasteiger partial charge in [-0.1, -0.05) is 0 Å². The number of urea groups is 1. The lowest BCUT2D eigenvalue weighted by Gasteiger charge is -2.27. The van der Waals surface area contributed by atoms with Crippen LogP contribution < -0.4 is 5.32 Å². The van der Waals surface area contributed by atoms with Crippen molar-refractivity contribution < 1.29 is 19.2 Å². The number of carbonyl (C=O) groups is 4. The first-order valence-electron chi connectivity index (χ1n) is 5.54. The van der Waals surface area contributed by atoms with E-state index >= 15 is 0 Å². The monoisotopic (exact) mass is 239 g/mol. The van der Waals surface area contributed by atoms with Gasteiger partial charge in [0.15, 0.2) is 0 Å². The van der Waals surface area contributed by atoms with Crippen molar-refractivity contribution in [3.05, 3.63) is 0 Å². The molecular weight excluding hydrogens is 226 g/mol. The van der Waals surface area contributed by atoms with E-state index in [2.05, 4.69) is 0 Å². The van der Waals surface area contributed by atoms with Gasteiger partial charge in [0.05, 0.1) is 0 Å². The highest BCUT2D eigenvalue weighted by molar-refractivity contribution is 6.45. The van der Waals surface area contributed by atoms with Crippen molar-refractivity contribution in [2.24, 2.45) is 0 Å². The highest BCUT2D eigenvalue weighted by Gasteiger charge is 2.38. The summed E-state index contributed by atoms with van der Waals surface area (Å²) in [5.74, 6) is -2.22. The molecular formula is C10H13N3O4. The van der Waals surface area contributed by atoms with Gasteiger partial charge >= 0.3 is 17.8 Å². The summed E-state index contributed by atoms with van der Waals surface area (Å²) in [6, 6.07) is -0.814. The van der Waals surface area contributed by atoms with Crippen LogP contribution in [0.25, 0.3) is 0 Å². The predicted molar refractivity (Wildman–Crippen MR) is 55.7 cm³/mol. The second kappa shape index (κ2) is 4.52. The molecule has 2 saturated heterocycles. The quantitative estimate of drug-likeness (QED) is 0.498. The number of hydrogen-bond donors (Lipinski definition) is 1. The lowest BCUT2D eigenvalue weighted by molar-refractivity contribution is -0.143. The molecule has 2 aliphatic rings. The van der Waals surface area contributed by atoms with E-state index in [1.807, 2.05) is 5.32 Å². The van der Waals surface area contributed by atoms with Crippen LogP contribution in [0.15, 0.2) is 0 Å². The van der Waals surface area contributed by atoms with Gasteiger partial charge in [-0.25, -0.2) is 9.69 Å². The van der Waals surface area contributed by atoms with Crippen molar-refractivity contribution in [1.29, 1.82) is 0 Å². The fourth-order valence-electron chi connectivity index (χ4n) is 1.96. The van der Waals surface area contributed by atoms with Crippen LogP contribution in [0.1, 0.15) is 19.3 Å². The minimum absolute atomic E-state index is 0.289. The van der Waals surface area contributed by atoms with Gasteiger partial charge in [0.25, 0.3) is 0 Å². The second-order valence-corrected chi connectivity index (χ2v) is 4.09. The van der Waals surface area contributed by atoms with Crippen molar-refractivity contribution in [3.8, 4) is 0 Å².